The summed E-state index contributed by atoms with van der Waals surface area (Å²) in [6.45, 7) is 2.26. The molecule has 3 N–H and O–H groups in total. The Morgan fingerprint density at radius 3 is 2.83 bits per heavy atom. The quantitative estimate of drug-likeness (QED) is 0.593. The Labute approximate surface area is 137 Å². The largest absolute Gasteiger partial charge is 0.467 e. The molecule has 0 bridgehead atoms. The van der Waals surface area contributed by atoms with E-state index in [2.05, 4.69) is 15.0 Å². The van der Waals surface area contributed by atoms with Crippen molar-refractivity contribution in [2.75, 3.05) is 19.0 Å². The first-order valence-electron chi connectivity index (χ1n) is 7.28. The van der Waals surface area contributed by atoms with Gasteiger partial charge in [0.2, 0.25) is 0 Å². The van der Waals surface area contributed by atoms with Crippen molar-refractivity contribution < 1.29 is 28.9 Å². The minimum absolute atomic E-state index is 0.105. The fourth-order valence-corrected chi connectivity index (χ4v) is 2.39. The van der Waals surface area contributed by atoms with Crippen LogP contribution in [-0.2, 0) is 14.3 Å². The van der Waals surface area contributed by atoms with Crippen LogP contribution < -0.4 is 11.0 Å². The highest BCUT2D eigenvalue weighted by molar-refractivity contribution is 5.78. The number of methoxy groups -OCH3 is 1. The second-order valence-electron chi connectivity index (χ2n) is 5.76. The number of hydrogen-bond acceptors (Lipinski definition) is 8. The molecule has 0 saturated carbocycles. The van der Waals surface area contributed by atoms with E-state index in [9.17, 15) is 24.2 Å². The van der Waals surface area contributed by atoms with Crippen molar-refractivity contribution in [3.63, 3.8) is 0 Å². The van der Waals surface area contributed by atoms with Crippen LogP contribution in [0.4, 0.5) is 10.2 Å². The second kappa shape index (κ2) is 6.83. The van der Waals surface area contributed by atoms with Gasteiger partial charge in [0.25, 0.3) is 0 Å². The van der Waals surface area contributed by atoms with E-state index >= 15 is 0 Å². The van der Waals surface area contributed by atoms with Gasteiger partial charge in [-0.3, -0.25) is 4.57 Å². The second-order valence-corrected chi connectivity index (χ2v) is 5.76. The number of alkyl halides is 1. The molecule has 1 fully saturated rings. The first kappa shape index (κ1) is 18.3. The van der Waals surface area contributed by atoms with Gasteiger partial charge in [0.15, 0.2) is 12.4 Å². The summed E-state index contributed by atoms with van der Waals surface area (Å²) in [5.41, 5.74) is -2.35. The lowest BCUT2D eigenvalue weighted by Gasteiger charge is -2.24. The summed E-state index contributed by atoms with van der Waals surface area (Å²) in [4.78, 5) is 27.2. The molecule has 0 amide bonds. The summed E-state index contributed by atoms with van der Waals surface area (Å²) < 4.78 is 25.0. The average molecular weight is 345 g/mol. The Morgan fingerprint density at radius 1 is 1.67 bits per heavy atom. The molecule has 2 heterocycles. The van der Waals surface area contributed by atoms with E-state index in [0.29, 0.717) is 0 Å². The predicted molar refractivity (Wildman–Crippen MR) is 80.1 cm³/mol. The summed E-state index contributed by atoms with van der Waals surface area (Å²) in [5.74, 6) is -0.432. The molecule has 10 heteroatoms. The van der Waals surface area contributed by atoms with E-state index in [1.165, 1.54) is 33.2 Å². The van der Waals surface area contributed by atoms with Crippen molar-refractivity contribution in [3.05, 3.63) is 22.7 Å². The number of nitrogens with one attached hydrogen (secondary N) is 1. The van der Waals surface area contributed by atoms with E-state index in [1.807, 2.05) is 0 Å². The Balaban J connectivity index is 2.22. The number of aliphatic hydroxyl groups excluding tert-OH is 2. The SMILES string of the molecule is COC(=O)C(C)Nc1ccn(C2OC(C)(CO)C(O)C2F)c(=O)n1. The smallest absolute Gasteiger partial charge is 0.351 e. The van der Waals surface area contributed by atoms with Crippen LogP contribution in [0.1, 0.15) is 20.1 Å². The fraction of sp³-hybridized carbons (Fsp3) is 0.643. The summed E-state index contributed by atoms with van der Waals surface area (Å²) >= 11 is 0. The van der Waals surface area contributed by atoms with Crippen molar-refractivity contribution in [2.45, 2.75) is 44.0 Å². The van der Waals surface area contributed by atoms with Gasteiger partial charge in [-0.15, -0.1) is 0 Å². The molecule has 1 aromatic heterocycles. The molecule has 1 aliphatic heterocycles. The maximum Gasteiger partial charge on any atom is 0.351 e. The molecule has 1 saturated heterocycles. The Bertz CT molecular complexity index is 668. The highest BCUT2D eigenvalue weighted by Crippen LogP contribution is 2.37. The number of anilines is 1. The van der Waals surface area contributed by atoms with E-state index < -0.39 is 48.4 Å². The van der Waals surface area contributed by atoms with Crippen LogP contribution in [-0.4, -0.2) is 63.4 Å². The third-order valence-corrected chi connectivity index (χ3v) is 3.93. The first-order chi connectivity index (χ1) is 11.2. The molecule has 2 rings (SSSR count). The third-order valence-electron chi connectivity index (χ3n) is 3.93. The molecule has 0 aliphatic carbocycles. The summed E-state index contributed by atoms with van der Waals surface area (Å²) in [7, 11) is 1.23. The monoisotopic (exact) mass is 345 g/mol. The van der Waals surface area contributed by atoms with E-state index in [4.69, 9.17) is 4.74 Å². The van der Waals surface area contributed by atoms with Crippen LogP contribution in [0, 0.1) is 0 Å². The lowest BCUT2D eigenvalue weighted by atomic mass is 9.99. The van der Waals surface area contributed by atoms with Crippen LogP contribution in [0.3, 0.4) is 0 Å². The first-order valence-corrected chi connectivity index (χ1v) is 7.28. The van der Waals surface area contributed by atoms with Crippen molar-refractivity contribution in [1.82, 2.24) is 9.55 Å². The highest BCUT2D eigenvalue weighted by Gasteiger charge is 2.53. The molecule has 0 aromatic carbocycles. The van der Waals surface area contributed by atoms with Gasteiger partial charge in [-0.05, 0) is 19.9 Å². The zero-order valence-electron chi connectivity index (χ0n) is 13.5. The lowest BCUT2D eigenvalue weighted by molar-refractivity contribution is -0.141. The molecule has 0 radical (unpaired) electrons. The van der Waals surface area contributed by atoms with Crippen LogP contribution in [0.15, 0.2) is 17.1 Å². The van der Waals surface area contributed by atoms with Crippen LogP contribution in [0.25, 0.3) is 0 Å². The summed E-state index contributed by atoms with van der Waals surface area (Å²) in [6, 6.07) is 0.631. The number of esters is 1. The van der Waals surface area contributed by atoms with Crippen molar-refractivity contribution in [1.29, 1.82) is 0 Å². The molecule has 1 aliphatic rings. The molecular weight excluding hydrogens is 325 g/mol. The van der Waals surface area contributed by atoms with Gasteiger partial charge in [0.05, 0.1) is 13.7 Å². The lowest BCUT2D eigenvalue weighted by Crippen LogP contribution is -2.42. The molecule has 9 nitrogen and oxygen atoms in total. The number of hydrogen-bond donors (Lipinski definition) is 3. The van der Waals surface area contributed by atoms with Crippen LogP contribution >= 0.6 is 0 Å². The molecule has 24 heavy (non-hydrogen) atoms. The highest BCUT2D eigenvalue weighted by atomic mass is 19.1. The van der Waals surface area contributed by atoms with Crippen molar-refractivity contribution >= 4 is 11.8 Å². The average Bonchev–Trinajstić information content (AvgIpc) is 2.79. The van der Waals surface area contributed by atoms with Gasteiger partial charge < -0.3 is 25.0 Å². The van der Waals surface area contributed by atoms with Crippen molar-refractivity contribution in [2.24, 2.45) is 0 Å². The molecule has 5 unspecified atom stereocenters. The predicted octanol–water partition coefficient (Wildman–Crippen LogP) is -0.805. The minimum atomic E-state index is -1.91. The summed E-state index contributed by atoms with van der Waals surface area (Å²) in [5, 5.41) is 21.8. The number of ether oxygens (including phenoxy) is 2. The molecule has 0 spiro atoms. The number of nitrogens with zero attached hydrogens (tertiary/aromatic N) is 2. The number of carbonyl (C=O) groups excluding carboxylic acids is 1. The standard InChI is InChI=1S/C14H20FN3O6/c1-7(12(21)23-3)16-8-4-5-18(13(22)17-8)11-9(15)10(20)14(2,6-19)24-11/h4-5,7,9-11,19-20H,6H2,1-3H3,(H,16,17,22). The topological polar surface area (TPSA) is 123 Å². The van der Waals surface area contributed by atoms with Gasteiger partial charge in [0, 0.05) is 6.20 Å². The normalized spacial score (nSPS) is 30.8. The Hall–Kier alpha value is -2.04. The molecular formula is C14H20FN3O6. The van der Waals surface area contributed by atoms with E-state index in [-0.39, 0.29) is 5.82 Å². The molecule has 134 valence electrons. The Morgan fingerprint density at radius 2 is 2.33 bits per heavy atom. The molecule has 1 aromatic rings. The number of aromatic nitrogens is 2. The van der Waals surface area contributed by atoms with E-state index in [0.717, 1.165) is 4.57 Å². The zero-order valence-corrected chi connectivity index (χ0v) is 13.5. The number of aliphatic hydroxyl groups is 2. The minimum Gasteiger partial charge on any atom is -0.467 e. The maximum atomic E-state index is 14.2. The van der Waals surface area contributed by atoms with Gasteiger partial charge >= 0.3 is 11.7 Å². The third kappa shape index (κ3) is 3.25. The number of carbonyl (C=O) groups is 1. The van der Waals surface area contributed by atoms with Crippen LogP contribution in [0.5, 0.6) is 0 Å². The molecule has 5 atom stereocenters. The fourth-order valence-electron chi connectivity index (χ4n) is 2.39. The van der Waals surface area contributed by atoms with Gasteiger partial charge in [-0.25, -0.2) is 14.0 Å². The number of halogens is 1. The van der Waals surface area contributed by atoms with Gasteiger partial charge in [-0.1, -0.05) is 0 Å². The van der Waals surface area contributed by atoms with Gasteiger partial charge in [0.1, 0.15) is 23.6 Å². The van der Waals surface area contributed by atoms with Gasteiger partial charge in [-0.2, -0.15) is 4.98 Å². The van der Waals surface area contributed by atoms with Crippen molar-refractivity contribution in [3.8, 4) is 0 Å². The number of rotatable bonds is 5. The van der Waals surface area contributed by atoms with E-state index in [1.54, 1.807) is 0 Å². The van der Waals surface area contributed by atoms with Crippen LogP contribution in [0.2, 0.25) is 0 Å². The summed E-state index contributed by atoms with van der Waals surface area (Å²) in [6.07, 6.45) is -3.68. The maximum absolute atomic E-state index is 14.2. The zero-order chi connectivity index (χ0) is 18.1. The Kier molecular flexibility index (Phi) is 5.21.